The number of rotatable bonds is 16. The first-order chi connectivity index (χ1) is 15.5. The number of benzene rings is 2. The van der Waals surface area contributed by atoms with Gasteiger partial charge in [0.05, 0.1) is 0 Å². The molecule has 2 unspecified atom stereocenters. The maximum absolute atomic E-state index is 2.48. The average Bonchev–Trinajstić information content (AvgIpc) is 2.77. The minimum atomic E-state index is 0.896. The van der Waals surface area contributed by atoms with Crippen molar-refractivity contribution in [1.29, 1.82) is 0 Å². The van der Waals surface area contributed by atoms with Crippen LogP contribution in [-0.4, -0.2) is 0 Å². The van der Waals surface area contributed by atoms with Crippen molar-refractivity contribution in [2.24, 2.45) is 11.8 Å². The van der Waals surface area contributed by atoms with E-state index >= 15 is 0 Å². The highest BCUT2D eigenvalue weighted by atomic mass is 14.2. The quantitative estimate of drug-likeness (QED) is 0.245. The molecule has 2 atom stereocenters. The second kappa shape index (κ2) is 14.8. The molecule has 0 aliphatic rings. The Hall–Kier alpha value is -1.30. The maximum Gasteiger partial charge on any atom is -0.0146 e. The molecule has 180 valence electrons. The summed E-state index contributed by atoms with van der Waals surface area (Å²) in [5.41, 5.74) is 6.07. The van der Waals surface area contributed by atoms with Crippen LogP contribution in [0.1, 0.15) is 127 Å². The molecule has 0 nitrogen and oxygen atoms in total. The Bertz CT molecular complexity index is 717. The largest absolute Gasteiger partial charge is 0.0654 e. The Kier molecular flexibility index (Phi) is 12.4. The van der Waals surface area contributed by atoms with Crippen LogP contribution in [-0.2, 0) is 12.8 Å². The highest BCUT2D eigenvalue weighted by Crippen LogP contribution is 2.31. The zero-order chi connectivity index (χ0) is 23.3. The van der Waals surface area contributed by atoms with Crippen LogP contribution in [0.5, 0.6) is 0 Å². The van der Waals surface area contributed by atoms with E-state index in [9.17, 15) is 0 Å². The number of fused-ring (bicyclic) bond motifs is 1. The van der Waals surface area contributed by atoms with Gasteiger partial charge in [0.15, 0.2) is 0 Å². The van der Waals surface area contributed by atoms with Gasteiger partial charge in [0.25, 0.3) is 0 Å². The molecule has 2 aromatic rings. The van der Waals surface area contributed by atoms with Gasteiger partial charge < -0.3 is 0 Å². The van der Waals surface area contributed by atoms with Crippen LogP contribution >= 0.6 is 0 Å². The van der Waals surface area contributed by atoms with Gasteiger partial charge in [-0.1, -0.05) is 127 Å². The lowest BCUT2D eigenvalue weighted by atomic mass is 9.86. The van der Waals surface area contributed by atoms with Gasteiger partial charge in [-0.3, -0.25) is 0 Å². The molecular formula is C32H52. The standard InChI is InChI=1S/C32H52/c1-7-11-15-27(13-9-3)17-19-29-21-25(5)24-32-30(22-26(6)23-31(29)32)20-18-28(14-10-4)16-12-8-2/h21-24,27-28H,7-20H2,1-6H3. The van der Waals surface area contributed by atoms with Crippen LogP contribution < -0.4 is 0 Å². The minimum Gasteiger partial charge on any atom is -0.0654 e. The van der Waals surface area contributed by atoms with Gasteiger partial charge in [-0.25, -0.2) is 0 Å². The molecule has 0 spiro atoms. The monoisotopic (exact) mass is 436 g/mol. The number of aryl methyl sites for hydroxylation is 4. The number of hydrogen-bond acceptors (Lipinski definition) is 0. The summed E-state index contributed by atoms with van der Waals surface area (Å²) in [7, 11) is 0. The molecule has 0 fully saturated rings. The van der Waals surface area contributed by atoms with Crippen molar-refractivity contribution >= 4 is 10.8 Å². The number of hydrogen-bond donors (Lipinski definition) is 0. The van der Waals surface area contributed by atoms with Gasteiger partial charge in [0.2, 0.25) is 0 Å². The van der Waals surface area contributed by atoms with Crippen LogP contribution in [0.2, 0.25) is 0 Å². The molecule has 0 saturated carbocycles. The Balaban J connectivity index is 2.25. The van der Waals surface area contributed by atoms with Crippen molar-refractivity contribution in [3.8, 4) is 0 Å². The van der Waals surface area contributed by atoms with E-state index < -0.39 is 0 Å². The van der Waals surface area contributed by atoms with E-state index in [0.717, 1.165) is 11.8 Å². The van der Waals surface area contributed by atoms with Gasteiger partial charge in [0, 0.05) is 0 Å². The zero-order valence-electron chi connectivity index (χ0n) is 22.4. The van der Waals surface area contributed by atoms with Crippen LogP contribution in [0.3, 0.4) is 0 Å². The molecule has 0 heteroatoms. The predicted molar refractivity (Wildman–Crippen MR) is 146 cm³/mol. The van der Waals surface area contributed by atoms with Gasteiger partial charge >= 0.3 is 0 Å². The van der Waals surface area contributed by atoms with Crippen LogP contribution in [0, 0.1) is 25.7 Å². The van der Waals surface area contributed by atoms with E-state index in [1.807, 2.05) is 0 Å². The van der Waals surface area contributed by atoms with Crippen LogP contribution in [0.4, 0.5) is 0 Å². The fourth-order valence-electron chi connectivity index (χ4n) is 5.73. The van der Waals surface area contributed by atoms with Crippen molar-refractivity contribution in [3.05, 3.63) is 46.5 Å². The van der Waals surface area contributed by atoms with Crippen LogP contribution in [0.15, 0.2) is 24.3 Å². The molecule has 0 aliphatic heterocycles. The van der Waals surface area contributed by atoms with Gasteiger partial charge in [-0.15, -0.1) is 0 Å². The third kappa shape index (κ3) is 8.57. The van der Waals surface area contributed by atoms with Crippen molar-refractivity contribution in [2.45, 2.75) is 131 Å². The molecule has 0 amide bonds. The van der Waals surface area contributed by atoms with Crippen LogP contribution in [0.25, 0.3) is 10.8 Å². The zero-order valence-corrected chi connectivity index (χ0v) is 22.4. The SMILES string of the molecule is CCCCC(CCC)CCc1cc(C)cc2c(CCC(CCC)CCCC)cc(C)cc12. The van der Waals surface area contributed by atoms with E-state index in [0.29, 0.717) is 0 Å². The molecule has 2 rings (SSSR count). The maximum atomic E-state index is 2.48. The summed E-state index contributed by atoms with van der Waals surface area (Å²) in [6.07, 6.45) is 18.9. The van der Waals surface area contributed by atoms with Crippen molar-refractivity contribution in [2.75, 3.05) is 0 Å². The lowest BCUT2D eigenvalue weighted by Crippen LogP contribution is -2.05. The second-order valence-electron chi connectivity index (χ2n) is 10.6. The third-order valence-electron chi connectivity index (χ3n) is 7.50. The third-order valence-corrected chi connectivity index (χ3v) is 7.50. The second-order valence-corrected chi connectivity index (χ2v) is 10.6. The highest BCUT2D eigenvalue weighted by Gasteiger charge is 2.14. The molecule has 32 heavy (non-hydrogen) atoms. The molecule has 2 aromatic carbocycles. The molecule has 0 aromatic heterocycles. The summed E-state index contributed by atoms with van der Waals surface area (Å²) in [5, 5.41) is 3.08. The molecule has 0 heterocycles. The Morgan fingerprint density at radius 2 is 0.906 bits per heavy atom. The molecule has 0 bridgehead atoms. The minimum absolute atomic E-state index is 0.896. The van der Waals surface area contributed by atoms with E-state index in [2.05, 4.69) is 65.8 Å². The Morgan fingerprint density at radius 1 is 0.500 bits per heavy atom. The fraction of sp³-hybridized carbons (Fsp3) is 0.688. The topological polar surface area (TPSA) is 0 Å². The van der Waals surface area contributed by atoms with Gasteiger partial charge in [-0.05, 0) is 73.3 Å². The van der Waals surface area contributed by atoms with Crippen molar-refractivity contribution in [1.82, 2.24) is 0 Å². The summed E-state index contributed by atoms with van der Waals surface area (Å²) in [6, 6.07) is 9.90. The smallest absolute Gasteiger partial charge is 0.0146 e. The lowest BCUT2D eigenvalue weighted by molar-refractivity contribution is 0.402. The predicted octanol–water partition coefficient (Wildman–Crippen LogP) is 10.5. The first-order valence-electron chi connectivity index (χ1n) is 14.0. The fourth-order valence-corrected chi connectivity index (χ4v) is 5.73. The summed E-state index contributed by atoms with van der Waals surface area (Å²) in [4.78, 5) is 0. The molecule has 0 aliphatic carbocycles. The summed E-state index contributed by atoms with van der Waals surface area (Å²) in [5.74, 6) is 1.79. The first-order valence-corrected chi connectivity index (χ1v) is 14.0. The van der Waals surface area contributed by atoms with E-state index in [1.165, 1.54) is 112 Å². The lowest BCUT2D eigenvalue weighted by Gasteiger charge is -2.19. The molecule has 0 N–H and O–H groups in total. The van der Waals surface area contributed by atoms with E-state index in [-0.39, 0.29) is 0 Å². The summed E-state index contributed by atoms with van der Waals surface area (Å²) < 4.78 is 0. The van der Waals surface area contributed by atoms with E-state index in [1.54, 1.807) is 11.1 Å². The van der Waals surface area contributed by atoms with Gasteiger partial charge in [-0.2, -0.15) is 0 Å². The van der Waals surface area contributed by atoms with E-state index in [4.69, 9.17) is 0 Å². The van der Waals surface area contributed by atoms with Crippen molar-refractivity contribution < 1.29 is 0 Å². The summed E-state index contributed by atoms with van der Waals surface area (Å²) in [6.45, 7) is 14.0. The molecule has 0 radical (unpaired) electrons. The first kappa shape index (κ1) is 26.9. The van der Waals surface area contributed by atoms with Crippen molar-refractivity contribution in [3.63, 3.8) is 0 Å². The number of unbranched alkanes of at least 4 members (excludes halogenated alkanes) is 2. The normalized spacial score (nSPS) is 13.6. The Morgan fingerprint density at radius 3 is 1.25 bits per heavy atom. The molecular weight excluding hydrogens is 384 g/mol. The average molecular weight is 437 g/mol. The molecule has 0 saturated heterocycles. The highest BCUT2D eigenvalue weighted by molar-refractivity contribution is 5.90. The Labute approximate surface area is 200 Å². The summed E-state index contributed by atoms with van der Waals surface area (Å²) >= 11 is 0. The van der Waals surface area contributed by atoms with Gasteiger partial charge in [0.1, 0.15) is 0 Å².